The lowest BCUT2D eigenvalue weighted by Crippen LogP contribution is -2.26. The number of nitrogen functional groups attached to an aromatic ring is 1. The molecule has 1 aliphatic rings. The van der Waals surface area contributed by atoms with E-state index >= 15 is 0 Å². The molecular weight excluding hydrogens is 677 g/mol. The number of anilines is 1. The van der Waals surface area contributed by atoms with Crippen LogP contribution in [0.1, 0.15) is 54.2 Å². The molecule has 42 heavy (non-hydrogen) atoms. The maximum absolute atomic E-state index is 13.5. The van der Waals surface area contributed by atoms with Crippen molar-refractivity contribution in [3.8, 4) is 0 Å². The number of phosphoric acid groups is 1. The van der Waals surface area contributed by atoms with Crippen LogP contribution in [0, 0.1) is 10.8 Å². The van der Waals surface area contributed by atoms with Crippen LogP contribution in [0.2, 0.25) is 0 Å². The first-order valence-electron chi connectivity index (χ1n) is 13.1. The number of nitrogens with one attached hydrogen (secondary N) is 1. The fraction of sp³-hybridized carbons (Fsp3) is 0.708. The van der Waals surface area contributed by atoms with Gasteiger partial charge in [0.25, 0.3) is 5.56 Å². The first-order chi connectivity index (χ1) is 19.4. The molecule has 236 valence electrons. The van der Waals surface area contributed by atoms with E-state index in [1.807, 2.05) is 0 Å². The van der Waals surface area contributed by atoms with E-state index in [4.69, 9.17) is 24.0 Å². The van der Waals surface area contributed by atoms with Crippen LogP contribution in [-0.4, -0.2) is 78.4 Å². The Morgan fingerprint density at radius 2 is 1.64 bits per heavy atom. The molecule has 0 saturated carbocycles. The summed E-state index contributed by atoms with van der Waals surface area (Å²) in [6.45, 7) is 10.2. The standard InChI is InChI=1S/C24H37BrN5O9PS2/c1-23(2,3)19(33)41-9-7-36-40(35,37-8-10-42-20(34)24(4,5)6)38-12-14-13(31)11-15(39-14)30-17-16(27-21(30)25)18(32)29-22(26)28-17/h13-15,31H,7-12H2,1-6H3,(H3,26,28,29,32)/t13-,14+,15+/m0/s1. The number of aromatic amines is 1. The maximum atomic E-state index is 13.5. The zero-order valence-electron chi connectivity index (χ0n) is 24.2. The van der Waals surface area contributed by atoms with Gasteiger partial charge in [-0.15, -0.1) is 0 Å². The Morgan fingerprint density at radius 1 is 1.10 bits per heavy atom. The predicted molar refractivity (Wildman–Crippen MR) is 164 cm³/mol. The minimum atomic E-state index is -4.18. The third kappa shape index (κ3) is 9.35. The van der Waals surface area contributed by atoms with Crippen molar-refractivity contribution in [1.29, 1.82) is 0 Å². The number of carbonyl (C=O) groups excluding carboxylic acids is 2. The van der Waals surface area contributed by atoms with Crippen molar-refractivity contribution in [2.24, 2.45) is 10.8 Å². The molecule has 0 unspecified atom stereocenters. The number of fused-ring (bicyclic) bond motifs is 1. The summed E-state index contributed by atoms with van der Waals surface area (Å²) in [5, 5.41) is 10.6. The van der Waals surface area contributed by atoms with Gasteiger partial charge >= 0.3 is 7.82 Å². The number of aliphatic hydroxyl groups excluding tert-OH is 1. The number of phosphoric ester groups is 1. The smallest absolute Gasteiger partial charge is 0.390 e. The van der Waals surface area contributed by atoms with Crippen molar-refractivity contribution in [2.75, 3.05) is 37.1 Å². The topological polar surface area (TPSA) is 198 Å². The van der Waals surface area contributed by atoms with Crippen LogP contribution >= 0.6 is 47.3 Å². The van der Waals surface area contributed by atoms with Gasteiger partial charge < -0.3 is 15.6 Å². The van der Waals surface area contributed by atoms with Crippen LogP contribution in [0.4, 0.5) is 5.95 Å². The number of H-pyrrole nitrogens is 1. The van der Waals surface area contributed by atoms with Gasteiger partial charge in [-0.1, -0.05) is 65.1 Å². The van der Waals surface area contributed by atoms with Crippen molar-refractivity contribution in [1.82, 2.24) is 19.5 Å². The predicted octanol–water partition coefficient (Wildman–Crippen LogP) is 3.88. The molecule has 2 aromatic rings. The second-order valence-electron chi connectivity index (χ2n) is 11.5. The average Bonchev–Trinajstić information content (AvgIpc) is 3.40. The molecule has 4 N–H and O–H groups in total. The summed E-state index contributed by atoms with van der Waals surface area (Å²) in [5.74, 6) is 0.316. The summed E-state index contributed by atoms with van der Waals surface area (Å²) in [6.07, 6.45) is -2.72. The fourth-order valence-corrected chi connectivity index (χ4v) is 7.10. The number of rotatable bonds is 12. The van der Waals surface area contributed by atoms with E-state index in [2.05, 4.69) is 30.9 Å². The number of hydrogen-bond acceptors (Lipinski definition) is 14. The van der Waals surface area contributed by atoms with Gasteiger partial charge in [-0.05, 0) is 15.9 Å². The highest BCUT2D eigenvalue weighted by molar-refractivity contribution is 9.10. The Labute approximate surface area is 260 Å². The molecule has 3 atom stereocenters. The third-order valence-corrected chi connectivity index (χ3v) is 10.3. The van der Waals surface area contributed by atoms with Crippen LogP contribution in [0.5, 0.6) is 0 Å². The molecule has 0 radical (unpaired) electrons. The number of hydrogen-bond donors (Lipinski definition) is 3. The molecule has 1 fully saturated rings. The van der Waals surface area contributed by atoms with E-state index in [1.165, 1.54) is 4.57 Å². The number of ether oxygens (including phenoxy) is 1. The Balaban J connectivity index is 1.65. The van der Waals surface area contributed by atoms with Gasteiger partial charge in [0.2, 0.25) is 5.95 Å². The number of nitrogens with zero attached hydrogens (tertiary/aromatic N) is 3. The van der Waals surface area contributed by atoms with Gasteiger partial charge in [-0.25, -0.2) is 9.55 Å². The lowest BCUT2D eigenvalue weighted by atomic mass is 9.99. The van der Waals surface area contributed by atoms with Crippen molar-refractivity contribution < 1.29 is 37.6 Å². The molecular formula is C24H37BrN5O9PS2. The molecule has 1 saturated heterocycles. The minimum Gasteiger partial charge on any atom is -0.390 e. The Kier molecular flexibility index (Phi) is 11.9. The van der Waals surface area contributed by atoms with Crippen molar-refractivity contribution in [2.45, 2.75) is 66.4 Å². The van der Waals surface area contributed by atoms with Crippen molar-refractivity contribution in [3.05, 3.63) is 15.1 Å². The van der Waals surface area contributed by atoms with E-state index in [-0.39, 0.29) is 69.8 Å². The number of thioether (sulfide) groups is 2. The van der Waals surface area contributed by atoms with E-state index < -0.39 is 42.6 Å². The lowest BCUT2D eigenvalue weighted by molar-refractivity contribution is -0.118. The average molecular weight is 715 g/mol. The Bertz CT molecular complexity index is 1350. The molecule has 0 bridgehead atoms. The van der Waals surface area contributed by atoms with E-state index in [0.29, 0.717) is 0 Å². The summed E-state index contributed by atoms with van der Waals surface area (Å²) in [6, 6.07) is 0. The fourth-order valence-electron chi connectivity index (χ4n) is 3.53. The lowest BCUT2D eigenvalue weighted by Gasteiger charge is -2.22. The Morgan fingerprint density at radius 3 is 2.17 bits per heavy atom. The highest BCUT2D eigenvalue weighted by Gasteiger charge is 2.40. The van der Waals surface area contributed by atoms with E-state index in [9.17, 15) is 24.1 Å². The molecule has 0 aliphatic carbocycles. The largest absolute Gasteiger partial charge is 0.474 e. The minimum absolute atomic E-state index is 0.0331. The second-order valence-corrected chi connectivity index (χ2v) is 16.0. The van der Waals surface area contributed by atoms with E-state index in [0.717, 1.165) is 23.5 Å². The van der Waals surface area contributed by atoms with Gasteiger partial charge in [0.05, 0.1) is 25.9 Å². The van der Waals surface area contributed by atoms with Crippen LogP contribution in [0.3, 0.4) is 0 Å². The second kappa shape index (κ2) is 14.2. The van der Waals surface area contributed by atoms with Gasteiger partial charge in [0.1, 0.15) is 12.3 Å². The summed E-state index contributed by atoms with van der Waals surface area (Å²) in [4.78, 5) is 47.3. The van der Waals surface area contributed by atoms with Gasteiger partial charge in [0.15, 0.2) is 26.1 Å². The molecule has 0 aromatic carbocycles. The first kappa shape index (κ1) is 35.2. The van der Waals surface area contributed by atoms with Gasteiger partial charge in [0, 0.05) is 28.8 Å². The molecule has 0 spiro atoms. The molecule has 1 aliphatic heterocycles. The van der Waals surface area contributed by atoms with Crippen LogP contribution in [0.15, 0.2) is 9.53 Å². The number of nitrogens with two attached hydrogens (primary N) is 1. The number of aromatic nitrogens is 4. The zero-order valence-corrected chi connectivity index (χ0v) is 28.4. The molecule has 18 heteroatoms. The number of carbonyl (C=O) groups is 2. The molecule has 2 aromatic heterocycles. The summed E-state index contributed by atoms with van der Waals surface area (Å²) in [7, 11) is -4.18. The summed E-state index contributed by atoms with van der Waals surface area (Å²) >= 11 is 5.38. The van der Waals surface area contributed by atoms with Crippen LogP contribution < -0.4 is 11.3 Å². The molecule has 3 rings (SSSR count). The van der Waals surface area contributed by atoms with Crippen LogP contribution in [0.25, 0.3) is 11.2 Å². The van der Waals surface area contributed by atoms with Crippen LogP contribution in [-0.2, 0) is 32.5 Å². The van der Waals surface area contributed by atoms with E-state index in [1.54, 1.807) is 41.5 Å². The third-order valence-electron chi connectivity index (χ3n) is 5.77. The summed E-state index contributed by atoms with van der Waals surface area (Å²) in [5.41, 5.74) is 4.26. The number of imidazole rings is 1. The number of halogens is 1. The molecule has 0 amide bonds. The number of aliphatic hydroxyl groups is 1. The van der Waals surface area contributed by atoms with Crippen molar-refractivity contribution >= 4 is 74.6 Å². The highest BCUT2D eigenvalue weighted by atomic mass is 79.9. The first-order valence-corrected chi connectivity index (χ1v) is 17.3. The van der Waals surface area contributed by atoms with Crippen molar-refractivity contribution in [3.63, 3.8) is 0 Å². The normalized spacial score (nSPS) is 20.0. The zero-order chi connectivity index (χ0) is 31.5. The molecule has 3 heterocycles. The highest BCUT2D eigenvalue weighted by Crippen LogP contribution is 2.50. The quantitative estimate of drug-likeness (QED) is 0.163. The maximum Gasteiger partial charge on any atom is 0.474 e. The Hall–Kier alpha value is -1.30. The van der Waals surface area contributed by atoms with Gasteiger partial charge in [-0.2, -0.15) is 4.98 Å². The van der Waals surface area contributed by atoms with Gasteiger partial charge in [-0.3, -0.25) is 37.5 Å². The SMILES string of the molecule is CC(C)(C)C(=O)SCCOP(=O)(OCCSC(=O)C(C)(C)C)OC[C@H]1O[C@@H](n2c(Br)nc3c(=O)[nH]c(N)nc32)C[C@@H]1O. The molecule has 14 nitrogen and oxygen atoms in total. The monoisotopic (exact) mass is 713 g/mol. The summed E-state index contributed by atoms with van der Waals surface area (Å²) < 4.78 is 37.7.